The third-order valence-corrected chi connectivity index (χ3v) is 9.67. The van der Waals surface area contributed by atoms with E-state index in [1.54, 1.807) is 6.92 Å². The van der Waals surface area contributed by atoms with Crippen LogP contribution in [0.2, 0.25) is 0 Å². The maximum atomic E-state index is 12.6. The summed E-state index contributed by atoms with van der Waals surface area (Å²) < 4.78 is 11.3. The van der Waals surface area contributed by atoms with E-state index in [9.17, 15) is 14.7 Å². The summed E-state index contributed by atoms with van der Waals surface area (Å²) in [5.74, 6) is -2.37. The van der Waals surface area contributed by atoms with Crippen molar-refractivity contribution in [2.75, 3.05) is 0 Å². The lowest BCUT2D eigenvalue weighted by Gasteiger charge is -2.34. The molecule has 0 heterocycles. The highest BCUT2D eigenvalue weighted by Crippen LogP contribution is 2.26. The Balaban J connectivity index is 3.88. The number of aliphatic hydroxyl groups excluding tert-OH is 1. The molecule has 0 aliphatic rings. The Kier molecular flexibility index (Phi) is 33.0. The molecule has 0 spiro atoms. The molecule has 0 bridgehead atoms. The molecule has 46 heavy (non-hydrogen) atoms. The molecule has 5 nitrogen and oxygen atoms in total. The van der Waals surface area contributed by atoms with Crippen molar-refractivity contribution in [2.24, 2.45) is 0 Å². The van der Waals surface area contributed by atoms with Crippen LogP contribution in [0.1, 0.15) is 240 Å². The van der Waals surface area contributed by atoms with Gasteiger partial charge in [-0.1, -0.05) is 201 Å². The third-order valence-electron chi connectivity index (χ3n) is 9.67. The molecular formula is C41H80O5. The van der Waals surface area contributed by atoms with E-state index in [4.69, 9.17) is 9.47 Å². The molecule has 0 aromatic heterocycles. The lowest BCUT2D eigenvalue weighted by atomic mass is 10.0. The van der Waals surface area contributed by atoms with E-state index in [0.717, 1.165) is 38.5 Å². The van der Waals surface area contributed by atoms with Crippen LogP contribution in [-0.2, 0) is 19.1 Å². The Morgan fingerprint density at radius 1 is 0.435 bits per heavy atom. The normalized spacial score (nSPS) is 12.4. The Labute approximate surface area is 287 Å². The average molecular weight is 653 g/mol. The predicted octanol–water partition coefficient (Wildman–Crippen LogP) is 13.1. The summed E-state index contributed by atoms with van der Waals surface area (Å²) in [6.45, 7) is 7.86. The largest absolute Gasteiger partial charge is 0.420 e. The molecule has 1 atom stereocenters. The zero-order valence-corrected chi connectivity index (χ0v) is 31.5. The summed E-state index contributed by atoms with van der Waals surface area (Å²) in [4.78, 5) is 25.2. The summed E-state index contributed by atoms with van der Waals surface area (Å²) >= 11 is 0. The van der Waals surface area contributed by atoms with Gasteiger partial charge in [-0.2, -0.15) is 0 Å². The number of hydrogen-bond acceptors (Lipinski definition) is 5. The van der Waals surface area contributed by atoms with Crippen LogP contribution in [0.4, 0.5) is 0 Å². The van der Waals surface area contributed by atoms with Gasteiger partial charge in [0.15, 0.2) is 0 Å². The number of carbonyl (C=O) groups excluding carboxylic acids is 2. The first-order valence-corrected chi connectivity index (χ1v) is 20.5. The molecule has 1 unspecified atom stereocenters. The fourth-order valence-corrected chi connectivity index (χ4v) is 6.40. The minimum absolute atomic E-state index is 0.236. The molecule has 274 valence electrons. The average Bonchev–Trinajstić information content (AvgIpc) is 3.04. The second-order valence-electron chi connectivity index (χ2n) is 14.2. The molecule has 0 radical (unpaired) electrons. The van der Waals surface area contributed by atoms with E-state index in [-0.39, 0.29) is 6.42 Å². The Bertz CT molecular complexity index is 613. The molecule has 0 saturated heterocycles. The van der Waals surface area contributed by atoms with Crippen LogP contribution < -0.4 is 0 Å². The molecule has 1 N–H and O–H groups in total. The van der Waals surface area contributed by atoms with E-state index < -0.39 is 23.8 Å². The molecule has 0 amide bonds. The van der Waals surface area contributed by atoms with Crippen molar-refractivity contribution in [2.45, 2.75) is 251 Å². The minimum atomic E-state index is -1.58. The molecular weight excluding hydrogens is 572 g/mol. The van der Waals surface area contributed by atoms with E-state index in [0.29, 0.717) is 12.8 Å². The maximum absolute atomic E-state index is 12.6. The number of rotatable bonds is 36. The zero-order chi connectivity index (χ0) is 34.0. The molecule has 0 rings (SSSR count). The smallest absolute Gasteiger partial charge is 0.309 e. The van der Waals surface area contributed by atoms with Crippen LogP contribution >= 0.6 is 0 Å². The summed E-state index contributed by atoms with van der Waals surface area (Å²) in [6.07, 6.45) is 38.0. The van der Waals surface area contributed by atoms with E-state index in [1.165, 1.54) is 161 Å². The highest BCUT2D eigenvalue weighted by Gasteiger charge is 2.41. The van der Waals surface area contributed by atoms with E-state index >= 15 is 0 Å². The number of aliphatic hydroxyl groups is 1. The fraction of sp³-hybridized carbons (Fsp3) is 0.951. The minimum Gasteiger partial charge on any atom is -0.420 e. The first-order valence-electron chi connectivity index (χ1n) is 20.5. The van der Waals surface area contributed by atoms with Gasteiger partial charge in [-0.25, -0.2) is 0 Å². The third kappa shape index (κ3) is 28.0. The van der Waals surface area contributed by atoms with Crippen molar-refractivity contribution in [3.05, 3.63) is 0 Å². The fourth-order valence-electron chi connectivity index (χ4n) is 6.40. The first-order chi connectivity index (χ1) is 22.4. The summed E-state index contributed by atoms with van der Waals surface area (Å²) in [5.41, 5.74) is 0. The van der Waals surface area contributed by atoms with Gasteiger partial charge in [-0.05, 0) is 19.8 Å². The second-order valence-corrected chi connectivity index (χ2v) is 14.2. The van der Waals surface area contributed by atoms with Gasteiger partial charge >= 0.3 is 11.9 Å². The number of ether oxygens (including phenoxy) is 2. The van der Waals surface area contributed by atoms with Crippen LogP contribution in [0.15, 0.2) is 0 Å². The van der Waals surface area contributed by atoms with Gasteiger partial charge in [0.25, 0.3) is 5.79 Å². The zero-order valence-electron chi connectivity index (χ0n) is 31.5. The number of carbonyl (C=O) groups is 2. The van der Waals surface area contributed by atoms with E-state index in [1.807, 2.05) is 0 Å². The predicted molar refractivity (Wildman–Crippen MR) is 196 cm³/mol. The van der Waals surface area contributed by atoms with Gasteiger partial charge < -0.3 is 14.6 Å². The summed E-state index contributed by atoms with van der Waals surface area (Å²) in [7, 11) is 0. The van der Waals surface area contributed by atoms with Gasteiger partial charge in [0.2, 0.25) is 0 Å². The SMILES string of the molecule is CCCCCCCCCCCCCCCCCC(=O)OC(CC)(OC(=O)CCCCCCCCCCCCCCCCC)C(C)O. The molecule has 0 saturated carbocycles. The molecule has 0 fully saturated rings. The standard InChI is InChI=1S/C41H80O5/c1-5-8-10-12-14-16-18-20-22-24-26-28-30-32-34-36-39(43)45-41(7-3,38(4)42)46-40(44)37-35-33-31-29-27-25-23-21-19-17-15-13-11-9-6-2/h38,42H,5-37H2,1-4H3. The quantitative estimate of drug-likeness (QED) is 0.0414. The van der Waals surface area contributed by atoms with Gasteiger partial charge in [-0.3, -0.25) is 9.59 Å². The van der Waals surface area contributed by atoms with Crippen molar-refractivity contribution in [1.29, 1.82) is 0 Å². The van der Waals surface area contributed by atoms with Crippen molar-refractivity contribution >= 4 is 11.9 Å². The highest BCUT2D eigenvalue weighted by atomic mass is 16.7. The topological polar surface area (TPSA) is 72.8 Å². The molecule has 0 aromatic rings. The Morgan fingerprint density at radius 3 is 0.848 bits per heavy atom. The van der Waals surface area contributed by atoms with Crippen molar-refractivity contribution < 1.29 is 24.2 Å². The lowest BCUT2D eigenvalue weighted by molar-refractivity contribution is -0.260. The van der Waals surface area contributed by atoms with Crippen LogP contribution in [0.3, 0.4) is 0 Å². The van der Waals surface area contributed by atoms with Crippen molar-refractivity contribution in [3.8, 4) is 0 Å². The number of hydrogen-bond donors (Lipinski definition) is 1. The van der Waals surface area contributed by atoms with Gasteiger partial charge in [0.05, 0.1) is 0 Å². The molecule has 0 aliphatic carbocycles. The van der Waals surface area contributed by atoms with E-state index in [2.05, 4.69) is 13.8 Å². The summed E-state index contributed by atoms with van der Waals surface area (Å²) in [5, 5.41) is 10.4. The monoisotopic (exact) mass is 653 g/mol. The van der Waals surface area contributed by atoms with Crippen molar-refractivity contribution in [1.82, 2.24) is 0 Å². The lowest BCUT2D eigenvalue weighted by Crippen LogP contribution is -2.48. The van der Waals surface area contributed by atoms with Crippen molar-refractivity contribution in [3.63, 3.8) is 0 Å². The maximum Gasteiger partial charge on any atom is 0.309 e. The molecule has 0 aliphatic heterocycles. The van der Waals surface area contributed by atoms with Crippen LogP contribution in [0.25, 0.3) is 0 Å². The van der Waals surface area contributed by atoms with Crippen LogP contribution in [-0.4, -0.2) is 28.9 Å². The Hall–Kier alpha value is -1.10. The first kappa shape index (κ1) is 44.9. The van der Waals surface area contributed by atoms with Crippen LogP contribution in [0.5, 0.6) is 0 Å². The van der Waals surface area contributed by atoms with Gasteiger partial charge in [-0.15, -0.1) is 0 Å². The van der Waals surface area contributed by atoms with Gasteiger partial charge in [0.1, 0.15) is 6.10 Å². The van der Waals surface area contributed by atoms with Crippen LogP contribution in [0, 0.1) is 0 Å². The summed E-state index contributed by atoms with van der Waals surface area (Å²) in [6, 6.07) is 0. The molecule has 5 heteroatoms. The van der Waals surface area contributed by atoms with Gasteiger partial charge in [0, 0.05) is 19.3 Å². The molecule has 0 aromatic carbocycles. The second kappa shape index (κ2) is 33.8. The number of unbranched alkanes of at least 4 members (excludes halogenated alkanes) is 28. The Morgan fingerprint density at radius 2 is 0.652 bits per heavy atom. The highest BCUT2D eigenvalue weighted by molar-refractivity contribution is 5.72. The number of esters is 2.